The van der Waals surface area contributed by atoms with Gasteiger partial charge in [-0.1, -0.05) is 0 Å². The lowest BCUT2D eigenvalue weighted by atomic mass is 10.1. The Labute approximate surface area is 137 Å². The number of aryl methyl sites for hydroxylation is 2. The van der Waals surface area contributed by atoms with E-state index < -0.39 is 0 Å². The van der Waals surface area contributed by atoms with Gasteiger partial charge in [0, 0.05) is 50.7 Å². The highest BCUT2D eigenvalue weighted by atomic mass is 16.3. The smallest absolute Gasteiger partial charge is 0.118 e. The van der Waals surface area contributed by atoms with Crippen LogP contribution in [0.25, 0.3) is 0 Å². The van der Waals surface area contributed by atoms with E-state index in [1.165, 1.54) is 0 Å². The summed E-state index contributed by atoms with van der Waals surface area (Å²) in [6.07, 6.45) is 2.70. The molecule has 0 bridgehead atoms. The van der Waals surface area contributed by atoms with Crippen molar-refractivity contribution >= 4 is 0 Å². The van der Waals surface area contributed by atoms with E-state index in [9.17, 15) is 5.11 Å². The first-order chi connectivity index (χ1) is 11.1. The van der Waals surface area contributed by atoms with Gasteiger partial charge in [-0.25, -0.2) is 4.98 Å². The van der Waals surface area contributed by atoms with Crippen LogP contribution in [0.1, 0.15) is 29.5 Å². The minimum atomic E-state index is 0.218. The third-order valence-corrected chi connectivity index (χ3v) is 4.46. The minimum absolute atomic E-state index is 0.218. The summed E-state index contributed by atoms with van der Waals surface area (Å²) in [5.41, 5.74) is 1.15. The summed E-state index contributed by atoms with van der Waals surface area (Å²) >= 11 is 0. The molecule has 1 atom stereocenters. The second-order valence-corrected chi connectivity index (χ2v) is 6.38. The van der Waals surface area contributed by atoms with Gasteiger partial charge in [-0.3, -0.25) is 9.80 Å². The maximum absolute atomic E-state index is 9.40. The predicted octanol–water partition coefficient (Wildman–Crippen LogP) is 1.69. The highest BCUT2D eigenvalue weighted by Crippen LogP contribution is 2.19. The molecule has 0 unspecified atom stereocenters. The molecule has 0 radical (unpaired) electrons. The summed E-state index contributed by atoms with van der Waals surface area (Å²) in [6.45, 7) is 8.82. The van der Waals surface area contributed by atoms with Crippen LogP contribution < -0.4 is 0 Å². The van der Waals surface area contributed by atoms with Crippen molar-refractivity contribution in [2.45, 2.75) is 39.4 Å². The Hall–Kier alpha value is -1.63. The molecule has 0 spiro atoms. The van der Waals surface area contributed by atoms with Crippen LogP contribution in [0.2, 0.25) is 0 Å². The molecular weight excluding hydrogens is 292 g/mol. The number of nitrogens with one attached hydrogen (secondary N) is 1. The number of aliphatic hydroxyl groups is 1. The largest absolute Gasteiger partial charge is 0.465 e. The molecular formula is C17H26N4O2. The molecule has 1 saturated heterocycles. The van der Waals surface area contributed by atoms with Crippen molar-refractivity contribution in [3.63, 3.8) is 0 Å². The molecule has 1 aliphatic heterocycles. The van der Waals surface area contributed by atoms with Gasteiger partial charge in [-0.15, -0.1) is 0 Å². The maximum atomic E-state index is 9.40. The van der Waals surface area contributed by atoms with E-state index in [2.05, 4.69) is 19.8 Å². The average Bonchev–Trinajstić information content (AvgIpc) is 3.11. The number of hydrogen-bond donors (Lipinski definition) is 2. The van der Waals surface area contributed by atoms with Gasteiger partial charge in [-0.2, -0.15) is 0 Å². The van der Waals surface area contributed by atoms with Gasteiger partial charge in [0.15, 0.2) is 0 Å². The summed E-state index contributed by atoms with van der Waals surface area (Å²) in [7, 11) is 0. The molecule has 3 rings (SSSR count). The van der Waals surface area contributed by atoms with Crippen LogP contribution in [0.3, 0.4) is 0 Å². The Balaban J connectivity index is 1.60. The zero-order chi connectivity index (χ0) is 16.2. The first kappa shape index (κ1) is 16.2. The van der Waals surface area contributed by atoms with Crippen LogP contribution in [0.15, 0.2) is 22.7 Å². The number of aromatic amines is 1. The molecule has 2 aromatic heterocycles. The summed E-state index contributed by atoms with van der Waals surface area (Å²) < 4.78 is 5.71. The molecule has 126 valence electrons. The van der Waals surface area contributed by atoms with Crippen molar-refractivity contribution in [1.29, 1.82) is 0 Å². The number of piperazine rings is 1. The van der Waals surface area contributed by atoms with Crippen molar-refractivity contribution in [2.24, 2.45) is 0 Å². The lowest BCUT2D eigenvalue weighted by Gasteiger charge is -2.40. The van der Waals surface area contributed by atoms with Crippen LogP contribution in [0.4, 0.5) is 0 Å². The molecule has 0 saturated carbocycles. The van der Waals surface area contributed by atoms with Gasteiger partial charge >= 0.3 is 0 Å². The zero-order valence-electron chi connectivity index (χ0n) is 14.0. The standard InChI is InChI=1S/C17H26N4O2/c1-13-3-4-17(23-13)12-21-7-6-20(11-16(21)5-8-22)10-15-9-18-14(2)19-15/h3-4,9,16,22H,5-8,10-12H2,1-2H3,(H,18,19)/t16-/m0/s1. The quantitative estimate of drug-likeness (QED) is 0.848. The third kappa shape index (κ3) is 4.22. The maximum Gasteiger partial charge on any atom is 0.118 e. The topological polar surface area (TPSA) is 68.5 Å². The lowest BCUT2D eigenvalue weighted by Crippen LogP contribution is -2.52. The molecule has 0 amide bonds. The van der Waals surface area contributed by atoms with Crippen LogP contribution in [-0.2, 0) is 13.1 Å². The van der Waals surface area contributed by atoms with E-state index in [0.29, 0.717) is 6.04 Å². The average molecular weight is 318 g/mol. The van der Waals surface area contributed by atoms with Crippen LogP contribution >= 0.6 is 0 Å². The Bertz CT molecular complexity index is 622. The van der Waals surface area contributed by atoms with Gasteiger partial charge in [-0.05, 0) is 32.4 Å². The van der Waals surface area contributed by atoms with Gasteiger partial charge < -0.3 is 14.5 Å². The number of aliphatic hydroxyl groups excluding tert-OH is 1. The second kappa shape index (κ2) is 7.29. The van der Waals surface area contributed by atoms with Gasteiger partial charge in [0.2, 0.25) is 0 Å². The molecule has 1 aliphatic rings. The molecule has 6 heteroatoms. The Morgan fingerprint density at radius 2 is 2.17 bits per heavy atom. The number of aromatic nitrogens is 2. The lowest BCUT2D eigenvalue weighted by molar-refractivity contribution is 0.0449. The zero-order valence-corrected chi connectivity index (χ0v) is 14.0. The molecule has 2 N–H and O–H groups in total. The highest BCUT2D eigenvalue weighted by molar-refractivity contribution is 5.06. The summed E-state index contributed by atoms with van der Waals surface area (Å²) in [6, 6.07) is 4.40. The molecule has 3 heterocycles. The molecule has 0 aromatic carbocycles. The first-order valence-corrected chi connectivity index (χ1v) is 8.27. The molecule has 23 heavy (non-hydrogen) atoms. The second-order valence-electron chi connectivity index (χ2n) is 6.38. The van der Waals surface area contributed by atoms with Gasteiger partial charge in [0.1, 0.15) is 17.3 Å². The van der Waals surface area contributed by atoms with E-state index in [4.69, 9.17) is 4.42 Å². The van der Waals surface area contributed by atoms with Gasteiger partial charge in [0.05, 0.1) is 6.54 Å². The summed E-state index contributed by atoms with van der Waals surface area (Å²) in [5.74, 6) is 2.91. The van der Waals surface area contributed by atoms with Gasteiger partial charge in [0.25, 0.3) is 0 Å². The first-order valence-electron chi connectivity index (χ1n) is 8.27. The Morgan fingerprint density at radius 1 is 1.30 bits per heavy atom. The predicted molar refractivity (Wildman–Crippen MR) is 87.9 cm³/mol. The number of H-pyrrole nitrogens is 1. The fourth-order valence-electron chi connectivity index (χ4n) is 3.30. The van der Waals surface area contributed by atoms with Crippen molar-refractivity contribution in [3.05, 3.63) is 41.4 Å². The number of rotatable bonds is 6. The van der Waals surface area contributed by atoms with Crippen molar-refractivity contribution < 1.29 is 9.52 Å². The fourth-order valence-corrected chi connectivity index (χ4v) is 3.30. The van der Waals surface area contributed by atoms with Crippen LogP contribution in [0, 0.1) is 13.8 Å². The number of furan rings is 1. The fraction of sp³-hybridized carbons (Fsp3) is 0.588. The van der Waals surface area contributed by atoms with Crippen LogP contribution in [0.5, 0.6) is 0 Å². The van der Waals surface area contributed by atoms with Crippen molar-refractivity contribution in [1.82, 2.24) is 19.8 Å². The SMILES string of the molecule is Cc1ncc(CN2CCN(Cc3ccc(C)o3)[C@@H](CCO)C2)[nH]1. The molecule has 0 aliphatic carbocycles. The van der Waals surface area contributed by atoms with E-state index in [0.717, 1.165) is 62.2 Å². The number of hydrogen-bond acceptors (Lipinski definition) is 5. The normalized spacial score (nSPS) is 20.2. The Morgan fingerprint density at radius 3 is 2.83 bits per heavy atom. The Kier molecular flexibility index (Phi) is 5.15. The number of imidazole rings is 1. The van der Waals surface area contributed by atoms with E-state index in [1.807, 2.05) is 32.2 Å². The van der Waals surface area contributed by atoms with E-state index in [-0.39, 0.29) is 6.61 Å². The minimum Gasteiger partial charge on any atom is -0.465 e. The van der Waals surface area contributed by atoms with E-state index >= 15 is 0 Å². The number of nitrogens with zero attached hydrogens (tertiary/aromatic N) is 3. The summed E-state index contributed by atoms with van der Waals surface area (Å²) in [4.78, 5) is 12.4. The van der Waals surface area contributed by atoms with Crippen LogP contribution in [-0.4, -0.2) is 57.2 Å². The molecule has 2 aromatic rings. The monoisotopic (exact) mass is 318 g/mol. The van der Waals surface area contributed by atoms with Crippen molar-refractivity contribution in [2.75, 3.05) is 26.2 Å². The third-order valence-electron chi connectivity index (χ3n) is 4.46. The van der Waals surface area contributed by atoms with E-state index in [1.54, 1.807) is 0 Å². The summed E-state index contributed by atoms with van der Waals surface area (Å²) in [5, 5.41) is 9.40. The highest BCUT2D eigenvalue weighted by Gasteiger charge is 2.27. The van der Waals surface area contributed by atoms with Crippen molar-refractivity contribution in [3.8, 4) is 0 Å². The molecule has 1 fully saturated rings. The molecule has 6 nitrogen and oxygen atoms in total.